The first-order valence-electron chi connectivity index (χ1n) is 5.71. The van der Waals surface area contributed by atoms with Crippen LogP contribution in [-0.2, 0) is 6.54 Å². The minimum absolute atomic E-state index is 0.181. The van der Waals surface area contributed by atoms with Gasteiger partial charge in [-0.3, -0.25) is 0 Å². The number of hydrogen-bond acceptors (Lipinski definition) is 3. The number of halogens is 2. The van der Waals surface area contributed by atoms with E-state index in [0.717, 1.165) is 6.54 Å². The van der Waals surface area contributed by atoms with Gasteiger partial charge in [0, 0.05) is 42.7 Å². The lowest BCUT2D eigenvalue weighted by molar-refractivity contribution is 0.146. The van der Waals surface area contributed by atoms with Crippen molar-refractivity contribution in [2.75, 3.05) is 19.6 Å². The van der Waals surface area contributed by atoms with Crippen molar-refractivity contribution < 1.29 is 9.50 Å². The van der Waals surface area contributed by atoms with E-state index in [1.807, 2.05) is 0 Å². The average molecular weight is 259 g/mol. The molecule has 1 aromatic rings. The molecule has 2 rings (SSSR count). The molecule has 2 atom stereocenters. The monoisotopic (exact) mass is 258 g/mol. The van der Waals surface area contributed by atoms with Crippen molar-refractivity contribution in [1.29, 1.82) is 0 Å². The molecule has 0 aliphatic carbocycles. The van der Waals surface area contributed by atoms with Crippen LogP contribution in [0.3, 0.4) is 0 Å². The van der Waals surface area contributed by atoms with Gasteiger partial charge in [-0.15, -0.1) is 0 Å². The number of rotatable bonds is 4. The Bertz CT molecular complexity index is 369. The van der Waals surface area contributed by atoms with Crippen LogP contribution < -0.4 is 10.6 Å². The van der Waals surface area contributed by atoms with Crippen LogP contribution in [0.4, 0.5) is 4.39 Å². The number of hydrogen-bond donors (Lipinski definition) is 3. The molecule has 0 spiro atoms. The lowest BCUT2D eigenvalue weighted by Crippen LogP contribution is -2.30. The molecule has 0 bridgehead atoms. The molecule has 5 heteroatoms. The second-order valence-electron chi connectivity index (χ2n) is 4.32. The van der Waals surface area contributed by atoms with Crippen molar-refractivity contribution in [2.45, 2.75) is 12.6 Å². The van der Waals surface area contributed by atoms with E-state index >= 15 is 0 Å². The average Bonchev–Trinajstić information content (AvgIpc) is 2.69. The Morgan fingerprint density at radius 2 is 2.29 bits per heavy atom. The Hall–Kier alpha value is -0.680. The zero-order valence-corrected chi connectivity index (χ0v) is 10.2. The summed E-state index contributed by atoms with van der Waals surface area (Å²) in [6, 6.07) is 4.66. The molecule has 1 fully saturated rings. The zero-order valence-electron chi connectivity index (χ0n) is 9.42. The smallest absolute Gasteiger partial charge is 0.129 e. The molecule has 1 heterocycles. The van der Waals surface area contributed by atoms with E-state index in [4.69, 9.17) is 11.6 Å². The molecular weight excluding hydrogens is 243 g/mol. The number of nitrogens with one attached hydrogen (secondary N) is 2. The molecule has 1 aliphatic heterocycles. The van der Waals surface area contributed by atoms with Crippen LogP contribution in [0, 0.1) is 11.7 Å². The first kappa shape index (κ1) is 12.8. The first-order valence-corrected chi connectivity index (χ1v) is 6.08. The molecule has 2 unspecified atom stereocenters. The summed E-state index contributed by atoms with van der Waals surface area (Å²) in [6.45, 7) is 2.46. The largest absolute Gasteiger partial charge is 0.391 e. The molecular formula is C12H16ClFN2O. The maximum absolute atomic E-state index is 13.4. The van der Waals surface area contributed by atoms with Gasteiger partial charge in [0.2, 0.25) is 0 Å². The minimum atomic E-state index is -0.321. The van der Waals surface area contributed by atoms with Gasteiger partial charge in [-0.2, -0.15) is 0 Å². The van der Waals surface area contributed by atoms with E-state index in [1.54, 1.807) is 12.1 Å². The van der Waals surface area contributed by atoms with Crippen LogP contribution in [0.1, 0.15) is 5.56 Å². The van der Waals surface area contributed by atoms with E-state index in [1.165, 1.54) is 6.07 Å². The minimum Gasteiger partial charge on any atom is -0.391 e. The predicted molar refractivity (Wildman–Crippen MR) is 65.5 cm³/mol. The molecule has 3 N–H and O–H groups in total. The predicted octanol–water partition coefficient (Wildman–Crippen LogP) is 1.15. The van der Waals surface area contributed by atoms with Crippen molar-refractivity contribution in [1.82, 2.24) is 10.6 Å². The fraction of sp³-hybridized carbons (Fsp3) is 0.500. The van der Waals surface area contributed by atoms with Crippen molar-refractivity contribution in [2.24, 2.45) is 5.92 Å². The van der Waals surface area contributed by atoms with Crippen molar-refractivity contribution in [3.05, 3.63) is 34.6 Å². The maximum atomic E-state index is 13.4. The molecule has 3 nitrogen and oxygen atoms in total. The zero-order chi connectivity index (χ0) is 12.3. The van der Waals surface area contributed by atoms with E-state index < -0.39 is 0 Å². The summed E-state index contributed by atoms with van der Waals surface area (Å²) in [4.78, 5) is 0. The third-order valence-electron chi connectivity index (χ3n) is 3.07. The van der Waals surface area contributed by atoms with Gasteiger partial charge in [0.15, 0.2) is 0 Å². The van der Waals surface area contributed by atoms with Crippen LogP contribution in [0.2, 0.25) is 5.02 Å². The molecule has 0 amide bonds. The SMILES string of the molecule is OC1CNCC1CNCc1c(F)cccc1Cl. The van der Waals surface area contributed by atoms with Crippen LogP contribution in [0.15, 0.2) is 18.2 Å². The van der Waals surface area contributed by atoms with Crippen LogP contribution in [0.5, 0.6) is 0 Å². The van der Waals surface area contributed by atoms with Crippen molar-refractivity contribution >= 4 is 11.6 Å². The van der Waals surface area contributed by atoms with E-state index in [9.17, 15) is 9.50 Å². The van der Waals surface area contributed by atoms with Gasteiger partial charge in [0.05, 0.1) is 6.10 Å². The molecule has 17 heavy (non-hydrogen) atoms. The molecule has 1 aromatic carbocycles. The maximum Gasteiger partial charge on any atom is 0.129 e. The highest BCUT2D eigenvalue weighted by Gasteiger charge is 2.24. The molecule has 1 aliphatic rings. The van der Waals surface area contributed by atoms with Gasteiger partial charge in [0.25, 0.3) is 0 Å². The number of β-amino-alcohol motifs (C(OH)–C–C–N with tert-alkyl or cyclic N) is 1. The lowest BCUT2D eigenvalue weighted by Gasteiger charge is -2.14. The number of benzene rings is 1. The summed E-state index contributed by atoms with van der Waals surface area (Å²) in [5, 5.41) is 16.3. The summed E-state index contributed by atoms with van der Waals surface area (Å²) in [5.41, 5.74) is 0.481. The fourth-order valence-electron chi connectivity index (χ4n) is 2.01. The van der Waals surface area contributed by atoms with Gasteiger partial charge < -0.3 is 15.7 Å². The Morgan fingerprint density at radius 3 is 2.94 bits per heavy atom. The molecule has 0 saturated carbocycles. The Kier molecular flexibility index (Phi) is 4.34. The van der Waals surface area contributed by atoms with Gasteiger partial charge in [-0.05, 0) is 12.1 Å². The van der Waals surface area contributed by atoms with Gasteiger partial charge in [-0.25, -0.2) is 4.39 Å². The molecule has 0 aromatic heterocycles. The van der Waals surface area contributed by atoms with Gasteiger partial charge >= 0.3 is 0 Å². The van der Waals surface area contributed by atoms with Crippen LogP contribution >= 0.6 is 11.6 Å². The summed E-state index contributed by atoms with van der Waals surface area (Å²) in [6.07, 6.45) is -0.321. The summed E-state index contributed by atoms with van der Waals surface area (Å²) >= 11 is 5.91. The Labute approximate surface area is 105 Å². The molecule has 0 radical (unpaired) electrons. The highest BCUT2D eigenvalue weighted by molar-refractivity contribution is 6.31. The third-order valence-corrected chi connectivity index (χ3v) is 3.43. The first-order chi connectivity index (χ1) is 8.18. The summed E-state index contributed by atoms with van der Waals surface area (Å²) in [5.74, 6) is -0.115. The number of aliphatic hydroxyl groups is 1. The van der Waals surface area contributed by atoms with E-state index in [2.05, 4.69) is 10.6 Å². The fourth-order valence-corrected chi connectivity index (χ4v) is 2.24. The summed E-state index contributed by atoms with van der Waals surface area (Å²) in [7, 11) is 0. The van der Waals surface area contributed by atoms with E-state index in [0.29, 0.717) is 30.2 Å². The van der Waals surface area contributed by atoms with Crippen molar-refractivity contribution in [3.8, 4) is 0 Å². The second-order valence-corrected chi connectivity index (χ2v) is 4.72. The normalized spacial score (nSPS) is 24.2. The Morgan fingerprint density at radius 1 is 1.47 bits per heavy atom. The standard InChI is InChI=1S/C12H16ClFN2O/c13-10-2-1-3-11(14)9(10)6-15-4-8-5-16-7-12(8)17/h1-3,8,12,15-17H,4-7H2. The highest BCUT2D eigenvalue weighted by atomic mass is 35.5. The number of aliphatic hydroxyl groups excluding tert-OH is 1. The lowest BCUT2D eigenvalue weighted by atomic mass is 10.1. The molecule has 1 saturated heterocycles. The van der Waals surface area contributed by atoms with Crippen LogP contribution in [0.25, 0.3) is 0 Å². The summed E-state index contributed by atoms with van der Waals surface area (Å²) < 4.78 is 13.4. The third kappa shape index (κ3) is 3.16. The van der Waals surface area contributed by atoms with Crippen molar-refractivity contribution in [3.63, 3.8) is 0 Å². The second kappa shape index (κ2) is 5.78. The topological polar surface area (TPSA) is 44.3 Å². The molecule has 94 valence electrons. The van der Waals surface area contributed by atoms with Gasteiger partial charge in [0.1, 0.15) is 5.82 Å². The van der Waals surface area contributed by atoms with E-state index in [-0.39, 0.29) is 17.8 Å². The Balaban J connectivity index is 1.86. The highest BCUT2D eigenvalue weighted by Crippen LogP contribution is 2.18. The van der Waals surface area contributed by atoms with Gasteiger partial charge in [-0.1, -0.05) is 17.7 Å². The quantitative estimate of drug-likeness (QED) is 0.759. The van der Waals surface area contributed by atoms with Crippen LogP contribution in [-0.4, -0.2) is 30.8 Å².